The Kier molecular flexibility index (Phi) is 7.11. The van der Waals surface area contributed by atoms with Crippen LogP contribution in [0.25, 0.3) is 11.5 Å². The van der Waals surface area contributed by atoms with Gasteiger partial charge in [-0.3, -0.25) is 4.79 Å². The Morgan fingerprint density at radius 1 is 1.42 bits per heavy atom. The number of hydrogen-bond acceptors (Lipinski definition) is 6. The summed E-state index contributed by atoms with van der Waals surface area (Å²) in [6.07, 6.45) is 0.887. The molecule has 128 valence electrons. The summed E-state index contributed by atoms with van der Waals surface area (Å²) >= 11 is 6.10. The van der Waals surface area contributed by atoms with Crippen LogP contribution in [0.2, 0.25) is 5.02 Å². The van der Waals surface area contributed by atoms with Crippen molar-refractivity contribution in [2.75, 3.05) is 6.61 Å². The first-order chi connectivity index (χ1) is 10.9. The molecule has 0 aliphatic heterocycles. The Bertz CT molecular complexity index is 754. The average molecular weight is 351 g/mol. The number of benzene rings is 1. The number of aliphatic hydroxyl groups is 1. The first-order valence-corrected chi connectivity index (χ1v) is 7.20. The summed E-state index contributed by atoms with van der Waals surface area (Å²) in [4.78, 5) is 10.3. The first kappa shape index (κ1) is 19.8. The molecule has 0 aliphatic carbocycles. The third-order valence-corrected chi connectivity index (χ3v) is 3.03. The Morgan fingerprint density at radius 2 is 2.17 bits per heavy atom. The summed E-state index contributed by atoms with van der Waals surface area (Å²) in [5.41, 5.74) is 1.19. The molecule has 0 spiro atoms. The van der Waals surface area contributed by atoms with E-state index in [0.29, 0.717) is 40.6 Å². The number of ether oxygens (including phenoxy) is 1. The third-order valence-electron chi connectivity index (χ3n) is 2.72. The lowest BCUT2D eigenvalue weighted by Gasteiger charge is -2.16. The maximum absolute atomic E-state index is 10.3. The maximum Gasteiger partial charge on any atom is 0.247 e. The molecule has 2 aromatic rings. The van der Waals surface area contributed by atoms with Crippen LogP contribution in [0.3, 0.4) is 0 Å². The molecule has 24 heavy (non-hydrogen) atoms. The van der Waals surface area contributed by atoms with Gasteiger partial charge in [-0.25, -0.2) is 0 Å². The summed E-state index contributed by atoms with van der Waals surface area (Å²) in [5.74, 6) is 4.45. The van der Waals surface area contributed by atoms with E-state index >= 15 is 0 Å². The second-order valence-electron chi connectivity index (χ2n) is 5.13. The molecule has 6 nitrogen and oxygen atoms in total. The van der Waals surface area contributed by atoms with E-state index in [1.807, 2.05) is 0 Å². The standard InChI is InChI=1S/C16H15ClN2O4.CH4/c1-16(2,21)22-9-7-14-18-19-15(23-14)12-6-5-11(4-3-8-20)13(17)10-12;/h5-6,8,10,21H,7,9H2,1-2H3;1H4. The molecule has 0 atom stereocenters. The number of rotatable bonds is 5. The molecular formula is C17H19ClN2O4. The minimum absolute atomic E-state index is 0. The molecule has 1 aromatic heterocycles. The monoisotopic (exact) mass is 350 g/mol. The van der Waals surface area contributed by atoms with Gasteiger partial charge >= 0.3 is 0 Å². The molecule has 1 heterocycles. The van der Waals surface area contributed by atoms with Crippen molar-refractivity contribution < 1.29 is 19.1 Å². The number of carbonyl (C=O) groups is 1. The van der Waals surface area contributed by atoms with Crippen LogP contribution in [0.5, 0.6) is 0 Å². The zero-order chi connectivity index (χ0) is 16.9. The highest BCUT2D eigenvalue weighted by molar-refractivity contribution is 6.32. The van der Waals surface area contributed by atoms with Gasteiger partial charge in [0, 0.05) is 17.5 Å². The fraction of sp³-hybridized carbons (Fsp3) is 0.353. The molecule has 0 bridgehead atoms. The molecule has 0 fully saturated rings. The van der Waals surface area contributed by atoms with Crippen LogP contribution in [0.15, 0.2) is 22.6 Å². The largest absolute Gasteiger partial charge is 0.421 e. The number of nitrogens with zero attached hydrogens (tertiary/aromatic N) is 2. The Hall–Kier alpha value is -2.20. The lowest BCUT2D eigenvalue weighted by molar-refractivity contribution is -0.175. The molecule has 0 radical (unpaired) electrons. The molecular weight excluding hydrogens is 332 g/mol. The number of aldehydes is 1. The number of carbonyl (C=O) groups excluding carboxylic acids is 1. The molecule has 2 rings (SSSR count). The molecule has 1 N–H and O–H groups in total. The SMILES string of the molecule is C.CC(C)(O)OCCc1nnc(-c2ccc(C#CC=O)c(Cl)c2)o1. The normalized spacial score (nSPS) is 10.5. The van der Waals surface area contributed by atoms with Gasteiger partial charge in [-0.1, -0.05) is 24.9 Å². The molecule has 7 heteroatoms. The summed E-state index contributed by atoms with van der Waals surface area (Å²) in [5, 5.41) is 17.7. The van der Waals surface area contributed by atoms with E-state index in [9.17, 15) is 9.90 Å². The molecule has 0 saturated carbocycles. The van der Waals surface area contributed by atoms with Crippen LogP contribution in [0.1, 0.15) is 32.7 Å². The second-order valence-corrected chi connectivity index (χ2v) is 5.54. The zero-order valence-electron chi connectivity index (χ0n) is 12.7. The van der Waals surface area contributed by atoms with Gasteiger partial charge in [0.25, 0.3) is 0 Å². The zero-order valence-corrected chi connectivity index (χ0v) is 13.4. The van der Waals surface area contributed by atoms with Crippen molar-refractivity contribution in [3.05, 3.63) is 34.7 Å². The van der Waals surface area contributed by atoms with E-state index in [2.05, 4.69) is 22.0 Å². The smallest absolute Gasteiger partial charge is 0.247 e. The predicted octanol–water partition coefficient (Wildman–Crippen LogP) is 2.86. The van der Waals surface area contributed by atoms with E-state index in [1.54, 1.807) is 32.0 Å². The Balaban J connectivity index is 0.00000288. The van der Waals surface area contributed by atoms with Crippen LogP contribution >= 0.6 is 11.6 Å². The lowest BCUT2D eigenvalue weighted by atomic mass is 10.1. The molecule has 0 unspecified atom stereocenters. The van der Waals surface area contributed by atoms with E-state index < -0.39 is 5.79 Å². The van der Waals surface area contributed by atoms with Crippen molar-refractivity contribution in [3.8, 4) is 23.3 Å². The van der Waals surface area contributed by atoms with Gasteiger partial charge in [0.15, 0.2) is 12.1 Å². The highest BCUT2D eigenvalue weighted by atomic mass is 35.5. The fourth-order valence-corrected chi connectivity index (χ4v) is 1.94. The topological polar surface area (TPSA) is 85.5 Å². The molecule has 0 aliphatic rings. The van der Waals surface area contributed by atoms with Crippen LogP contribution in [-0.2, 0) is 16.0 Å². The maximum atomic E-state index is 10.3. The van der Waals surface area contributed by atoms with Crippen LogP contribution in [0, 0.1) is 11.8 Å². The van der Waals surface area contributed by atoms with Crippen LogP contribution in [-0.4, -0.2) is 34.0 Å². The Labute approximate surface area is 145 Å². The van der Waals surface area contributed by atoms with Gasteiger partial charge in [-0.05, 0) is 38.0 Å². The van der Waals surface area contributed by atoms with E-state index in [1.165, 1.54) is 0 Å². The first-order valence-electron chi connectivity index (χ1n) is 6.83. The number of aromatic nitrogens is 2. The summed E-state index contributed by atoms with van der Waals surface area (Å²) < 4.78 is 10.7. The van der Waals surface area contributed by atoms with Gasteiger partial charge in [-0.2, -0.15) is 0 Å². The summed E-state index contributed by atoms with van der Waals surface area (Å²) in [6.45, 7) is 3.35. The highest BCUT2D eigenvalue weighted by Gasteiger charge is 2.14. The van der Waals surface area contributed by atoms with Gasteiger partial charge in [0.1, 0.15) is 0 Å². The fourth-order valence-electron chi connectivity index (χ4n) is 1.72. The number of halogens is 1. The summed E-state index contributed by atoms with van der Waals surface area (Å²) in [7, 11) is 0. The highest BCUT2D eigenvalue weighted by Crippen LogP contribution is 2.24. The van der Waals surface area contributed by atoms with Gasteiger partial charge in [0.05, 0.1) is 11.6 Å². The minimum Gasteiger partial charge on any atom is -0.421 e. The lowest BCUT2D eigenvalue weighted by Crippen LogP contribution is -2.24. The van der Waals surface area contributed by atoms with Crippen LogP contribution < -0.4 is 0 Å². The van der Waals surface area contributed by atoms with Crippen molar-refractivity contribution in [3.63, 3.8) is 0 Å². The van der Waals surface area contributed by atoms with Crippen LogP contribution in [0.4, 0.5) is 0 Å². The minimum atomic E-state index is -1.20. The quantitative estimate of drug-likeness (QED) is 0.507. The van der Waals surface area contributed by atoms with Crippen molar-refractivity contribution in [2.45, 2.75) is 33.5 Å². The van der Waals surface area contributed by atoms with Crippen molar-refractivity contribution >= 4 is 17.9 Å². The van der Waals surface area contributed by atoms with Crippen molar-refractivity contribution in [1.82, 2.24) is 10.2 Å². The summed E-state index contributed by atoms with van der Waals surface area (Å²) in [6, 6.07) is 5.04. The van der Waals surface area contributed by atoms with Gasteiger partial charge in [0.2, 0.25) is 11.8 Å². The second kappa shape index (κ2) is 8.60. The number of hydrogen-bond donors (Lipinski definition) is 1. The average Bonchev–Trinajstić information content (AvgIpc) is 2.93. The van der Waals surface area contributed by atoms with Gasteiger partial charge < -0.3 is 14.3 Å². The van der Waals surface area contributed by atoms with E-state index in [-0.39, 0.29) is 14.0 Å². The predicted molar refractivity (Wildman–Crippen MR) is 90.4 cm³/mol. The van der Waals surface area contributed by atoms with Crippen molar-refractivity contribution in [1.29, 1.82) is 0 Å². The van der Waals surface area contributed by atoms with E-state index in [0.717, 1.165) is 0 Å². The molecule has 0 amide bonds. The molecule has 1 aromatic carbocycles. The van der Waals surface area contributed by atoms with E-state index in [4.69, 9.17) is 20.8 Å². The molecule has 0 saturated heterocycles. The third kappa shape index (κ3) is 5.78. The van der Waals surface area contributed by atoms with Gasteiger partial charge in [-0.15, -0.1) is 10.2 Å². The Morgan fingerprint density at radius 3 is 2.79 bits per heavy atom. The van der Waals surface area contributed by atoms with Crippen molar-refractivity contribution in [2.24, 2.45) is 0 Å².